The summed E-state index contributed by atoms with van der Waals surface area (Å²) in [5, 5.41) is 13.3. The topological polar surface area (TPSA) is 20.2 Å². The Morgan fingerprint density at radius 2 is 2.00 bits per heavy atom. The van der Waals surface area contributed by atoms with Crippen LogP contribution in [0.2, 0.25) is 0 Å². The Balaban J connectivity index is 2.21. The number of halogens is 2. The third-order valence-electron chi connectivity index (χ3n) is 2.00. The molecule has 1 N–H and O–H groups in total. The number of aliphatic hydroxyl groups excluding tert-OH is 1. The molecule has 80 valence electrons. The summed E-state index contributed by atoms with van der Waals surface area (Å²) in [6, 6.07) is 2.13. The van der Waals surface area contributed by atoms with Crippen molar-refractivity contribution < 1.29 is 5.11 Å². The third-order valence-corrected chi connectivity index (χ3v) is 5.97. The molecule has 1 nitrogen and oxygen atoms in total. The highest BCUT2D eigenvalue weighted by molar-refractivity contribution is 9.10. The first-order valence-electron chi connectivity index (χ1n) is 4.29. The van der Waals surface area contributed by atoms with Crippen molar-refractivity contribution in [3.05, 3.63) is 41.1 Å². The van der Waals surface area contributed by atoms with Crippen molar-refractivity contribution in [2.24, 2.45) is 0 Å². The first-order chi connectivity index (χ1) is 7.20. The molecule has 0 fully saturated rings. The summed E-state index contributed by atoms with van der Waals surface area (Å²) in [6.45, 7) is 0.111. The number of hydrogen-bond acceptors (Lipinski definition) is 3. The molecule has 5 heteroatoms. The largest absolute Gasteiger partial charge is 0.391 e. The van der Waals surface area contributed by atoms with Crippen LogP contribution in [-0.4, -0.2) is 5.11 Å². The molecule has 0 saturated heterocycles. The van der Waals surface area contributed by atoms with E-state index in [1.165, 1.54) is 10.4 Å². The maximum absolute atomic E-state index is 9.08. The molecule has 15 heavy (non-hydrogen) atoms. The Morgan fingerprint density at radius 1 is 1.20 bits per heavy atom. The fourth-order valence-corrected chi connectivity index (χ4v) is 4.37. The normalized spacial score (nSPS) is 10.9. The van der Waals surface area contributed by atoms with Crippen LogP contribution in [0.25, 0.3) is 0 Å². The number of hydrogen-bond donors (Lipinski definition) is 1. The van der Waals surface area contributed by atoms with Crippen LogP contribution in [0.3, 0.4) is 0 Å². The second kappa shape index (κ2) is 5.10. The zero-order chi connectivity index (χ0) is 10.8. The van der Waals surface area contributed by atoms with Crippen molar-refractivity contribution in [2.45, 2.75) is 13.0 Å². The Hall–Kier alpha value is 0.320. The van der Waals surface area contributed by atoms with E-state index in [2.05, 4.69) is 48.7 Å². The van der Waals surface area contributed by atoms with Gasteiger partial charge in [-0.25, -0.2) is 0 Å². The van der Waals surface area contributed by atoms with Crippen LogP contribution in [-0.2, 0) is 13.0 Å². The molecular weight excluding hydrogens is 360 g/mol. The molecule has 0 aliphatic carbocycles. The standard InChI is InChI=1S/C10H8Br2OS2/c11-7-2-8(14-5-7)1-6-4-15-9(3-13)10(6)12/h2,4-5,13H,1,3H2. The molecular formula is C10H8Br2OS2. The van der Waals surface area contributed by atoms with Gasteiger partial charge in [-0.2, -0.15) is 0 Å². The van der Waals surface area contributed by atoms with Crippen molar-refractivity contribution in [3.63, 3.8) is 0 Å². The van der Waals surface area contributed by atoms with Gasteiger partial charge in [-0.05, 0) is 48.9 Å². The molecule has 2 aromatic rings. The SMILES string of the molecule is OCc1scc(Cc2cc(Br)cs2)c1Br. The molecule has 0 aromatic carbocycles. The quantitative estimate of drug-likeness (QED) is 0.851. The van der Waals surface area contributed by atoms with Crippen molar-refractivity contribution >= 4 is 54.5 Å². The lowest BCUT2D eigenvalue weighted by Gasteiger charge is -1.96. The van der Waals surface area contributed by atoms with Gasteiger partial charge in [0.2, 0.25) is 0 Å². The summed E-state index contributed by atoms with van der Waals surface area (Å²) >= 11 is 10.3. The van der Waals surface area contributed by atoms with E-state index in [0.717, 1.165) is 20.2 Å². The van der Waals surface area contributed by atoms with E-state index in [0.29, 0.717) is 0 Å². The van der Waals surface area contributed by atoms with E-state index >= 15 is 0 Å². The summed E-state index contributed by atoms with van der Waals surface area (Å²) in [5.74, 6) is 0. The van der Waals surface area contributed by atoms with Gasteiger partial charge in [0, 0.05) is 30.5 Å². The maximum Gasteiger partial charge on any atom is 0.0785 e. The summed E-state index contributed by atoms with van der Waals surface area (Å²) in [5.41, 5.74) is 1.25. The number of aliphatic hydroxyl groups is 1. The van der Waals surface area contributed by atoms with Crippen molar-refractivity contribution in [1.29, 1.82) is 0 Å². The van der Waals surface area contributed by atoms with Crippen LogP contribution in [0.5, 0.6) is 0 Å². The molecule has 0 radical (unpaired) electrons. The van der Waals surface area contributed by atoms with Gasteiger partial charge < -0.3 is 5.11 Å². The predicted octanol–water partition coefficient (Wildman–Crippen LogP) is 4.42. The minimum Gasteiger partial charge on any atom is -0.391 e. The number of thiophene rings is 2. The molecule has 2 aromatic heterocycles. The zero-order valence-electron chi connectivity index (χ0n) is 7.67. The van der Waals surface area contributed by atoms with E-state index in [1.54, 1.807) is 22.7 Å². The third kappa shape index (κ3) is 2.71. The van der Waals surface area contributed by atoms with Crippen LogP contribution in [0.1, 0.15) is 15.3 Å². The van der Waals surface area contributed by atoms with E-state index in [4.69, 9.17) is 5.11 Å². The summed E-state index contributed by atoms with van der Waals surface area (Å²) in [4.78, 5) is 2.32. The highest BCUT2D eigenvalue weighted by atomic mass is 79.9. The Bertz CT molecular complexity index is 462. The highest BCUT2D eigenvalue weighted by Gasteiger charge is 2.09. The molecule has 0 spiro atoms. The Labute approximate surface area is 113 Å². The highest BCUT2D eigenvalue weighted by Crippen LogP contribution is 2.32. The molecule has 0 unspecified atom stereocenters. The molecule has 0 amide bonds. The van der Waals surface area contributed by atoms with Gasteiger partial charge in [0.1, 0.15) is 0 Å². The first kappa shape index (κ1) is 11.8. The van der Waals surface area contributed by atoms with Gasteiger partial charge in [-0.1, -0.05) is 0 Å². The fourth-order valence-electron chi connectivity index (χ4n) is 1.28. The molecule has 0 bridgehead atoms. The molecule has 2 rings (SSSR count). The summed E-state index contributed by atoms with van der Waals surface area (Å²) in [6.07, 6.45) is 0.924. The van der Waals surface area contributed by atoms with Gasteiger partial charge >= 0.3 is 0 Å². The second-order valence-electron chi connectivity index (χ2n) is 3.06. The first-order valence-corrected chi connectivity index (χ1v) is 7.63. The number of rotatable bonds is 3. The van der Waals surface area contributed by atoms with Gasteiger partial charge in [-0.15, -0.1) is 22.7 Å². The molecule has 0 aliphatic rings. The summed E-state index contributed by atoms with van der Waals surface area (Å²) < 4.78 is 2.19. The van der Waals surface area contributed by atoms with Gasteiger partial charge in [0.05, 0.1) is 6.61 Å². The Morgan fingerprint density at radius 3 is 2.53 bits per heavy atom. The lowest BCUT2D eigenvalue weighted by atomic mass is 10.2. The maximum atomic E-state index is 9.08. The monoisotopic (exact) mass is 366 g/mol. The summed E-state index contributed by atoms with van der Waals surface area (Å²) in [7, 11) is 0. The van der Waals surface area contributed by atoms with Crippen LogP contribution in [0, 0.1) is 0 Å². The molecule has 0 aliphatic heterocycles. The van der Waals surface area contributed by atoms with Crippen molar-refractivity contribution in [3.8, 4) is 0 Å². The smallest absolute Gasteiger partial charge is 0.0785 e. The lowest BCUT2D eigenvalue weighted by molar-refractivity contribution is 0.285. The van der Waals surface area contributed by atoms with E-state index < -0.39 is 0 Å². The van der Waals surface area contributed by atoms with E-state index in [9.17, 15) is 0 Å². The van der Waals surface area contributed by atoms with Gasteiger partial charge in [-0.3, -0.25) is 0 Å². The van der Waals surface area contributed by atoms with E-state index in [-0.39, 0.29) is 6.61 Å². The fraction of sp³-hybridized carbons (Fsp3) is 0.200. The zero-order valence-corrected chi connectivity index (χ0v) is 12.5. The van der Waals surface area contributed by atoms with Crippen LogP contribution in [0.4, 0.5) is 0 Å². The minimum absolute atomic E-state index is 0.111. The average Bonchev–Trinajstić information content (AvgIpc) is 2.76. The average molecular weight is 368 g/mol. The lowest BCUT2D eigenvalue weighted by Crippen LogP contribution is -1.84. The van der Waals surface area contributed by atoms with Crippen molar-refractivity contribution in [2.75, 3.05) is 0 Å². The van der Waals surface area contributed by atoms with Crippen LogP contribution < -0.4 is 0 Å². The predicted molar refractivity (Wildman–Crippen MR) is 72.8 cm³/mol. The van der Waals surface area contributed by atoms with Gasteiger partial charge in [0.25, 0.3) is 0 Å². The second-order valence-corrected chi connectivity index (χ2v) is 6.73. The molecule has 0 saturated carbocycles. The van der Waals surface area contributed by atoms with Crippen LogP contribution in [0.15, 0.2) is 25.8 Å². The van der Waals surface area contributed by atoms with E-state index in [1.807, 2.05) is 0 Å². The minimum atomic E-state index is 0.111. The molecule has 0 atom stereocenters. The molecule has 2 heterocycles. The van der Waals surface area contributed by atoms with Gasteiger partial charge in [0.15, 0.2) is 0 Å². The van der Waals surface area contributed by atoms with Crippen molar-refractivity contribution in [1.82, 2.24) is 0 Å². The van der Waals surface area contributed by atoms with Crippen LogP contribution >= 0.6 is 54.5 Å². The Kier molecular flexibility index (Phi) is 4.01.